The van der Waals surface area contributed by atoms with E-state index in [9.17, 15) is 13.2 Å². The zero-order valence-electron chi connectivity index (χ0n) is 14.5. The molecule has 0 radical (unpaired) electrons. The van der Waals surface area contributed by atoms with Crippen LogP contribution in [0.15, 0.2) is 34.3 Å². The van der Waals surface area contributed by atoms with Crippen LogP contribution in [0.5, 0.6) is 0 Å². The quantitative estimate of drug-likeness (QED) is 0.160. The fourth-order valence-corrected chi connectivity index (χ4v) is 2.57. The number of carbonyl (C=O) groups is 1. The standard InChI is InChI=1S/C15H21ClN4O6S/c16-27(22,23)14-3-1-13(2-4-14)15(21)18-5-7-24-9-11-26-12-10-25-8-6-19-20-17/h1-4H,5-12H2,(H,18,21). The van der Waals surface area contributed by atoms with Gasteiger partial charge in [-0.1, -0.05) is 5.11 Å². The van der Waals surface area contributed by atoms with Gasteiger partial charge >= 0.3 is 0 Å². The van der Waals surface area contributed by atoms with Crippen molar-refractivity contribution in [3.05, 3.63) is 40.3 Å². The molecule has 0 aliphatic heterocycles. The van der Waals surface area contributed by atoms with Gasteiger partial charge in [-0.25, -0.2) is 8.42 Å². The second-order valence-corrected chi connectivity index (χ2v) is 7.58. The molecule has 1 rings (SSSR count). The van der Waals surface area contributed by atoms with E-state index in [1.807, 2.05) is 0 Å². The van der Waals surface area contributed by atoms with Gasteiger partial charge in [0.05, 0.1) is 44.5 Å². The summed E-state index contributed by atoms with van der Waals surface area (Å²) < 4.78 is 38.0. The van der Waals surface area contributed by atoms with Crippen molar-refractivity contribution in [1.82, 2.24) is 5.32 Å². The smallest absolute Gasteiger partial charge is 0.261 e. The average molecular weight is 421 g/mol. The summed E-state index contributed by atoms with van der Waals surface area (Å²) >= 11 is 0. The molecular weight excluding hydrogens is 400 g/mol. The molecule has 12 heteroatoms. The number of hydrogen-bond acceptors (Lipinski definition) is 7. The van der Waals surface area contributed by atoms with Crippen LogP contribution in [0.1, 0.15) is 10.4 Å². The number of benzene rings is 1. The van der Waals surface area contributed by atoms with Crippen LogP contribution in [0.3, 0.4) is 0 Å². The predicted octanol–water partition coefficient (Wildman–Crippen LogP) is 1.70. The SMILES string of the molecule is [N-]=[N+]=NCCOCCOCCOCCNC(=O)c1ccc(S(=O)(=O)Cl)cc1. The number of amides is 1. The first-order chi connectivity index (χ1) is 12.9. The third kappa shape index (κ3) is 10.8. The minimum absolute atomic E-state index is 0.0647. The first kappa shape index (κ1) is 23.2. The summed E-state index contributed by atoms with van der Waals surface area (Å²) in [5.74, 6) is -0.341. The van der Waals surface area contributed by atoms with Crippen molar-refractivity contribution < 1.29 is 27.4 Å². The monoisotopic (exact) mass is 420 g/mol. The molecule has 0 aromatic heterocycles. The van der Waals surface area contributed by atoms with Gasteiger partial charge in [0, 0.05) is 34.2 Å². The first-order valence-electron chi connectivity index (χ1n) is 8.02. The number of azide groups is 1. The fourth-order valence-electron chi connectivity index (χ4n) is 1.80. The summed E-state index contributed by atoms with van der Waals surface area (Å²) in [6.07, 6.45) is 0. The van der Waals surface area contributed by atoms with Crippen LogP contribution in [-0.2, 0) is 23.3 Å². The van der Waals surface area contributed by atoms with E-state index in [1.165, 1.54) is 24.3 Å². The Labute approximate surface area is 161 Å². The molecule has 0 spiro atoms. The van der Waals surface area contributed by atoms with E-state index in [-0.39, 0.29) is 10.8 Å². The number of carbonyl (C=O) groups excluding carboxylic acids is 1. The number of halogens is 1. The van der Waals surface area contributed by atoms with Crippen LogP contribution in [0.25, 0.3) is 10.4 Å². The summed E-state index contributed by atoms with van der Waals surface area (Å²) in [6, 6.07) is 5.30. The van der Waals surface area contributed by atoms with E-state index in [2.05, 4.69) is 15.3 Å². The second-order valence-electron chi connectivity index (χ2n) is 5.01. The Morgan fingerprint density at radius 1 is 1.04 bits per heavy atom. The van der Waals surface area contributed by atoms with Crippen LogP contribution >= 0.6 is 10.7 Å². The Morgan fingerprint density at radius 3 is 2.15 bits per heavy atom. The first-order valence-corrected chi connectivity index (χ1v) is 10.3. The Kier molecular flexibility index (Phi) is 11.4. The number of nitrogens with zero attached hydrogens (tertiary/aromatic N) is 3. The predicted molar refractivity (Wildman–Crippen MR) is 98.3 cm³/mol. The van der Waals surface area contributed by atoms with Crippen molar-refractivity contribution in [1.29, 1.82) is 0 Å². The summed E-state index contributed by atoms with van der Waals surface area (Å²) in [5, 5.41) is 5.98. The lowest BCUT2D eigenvalue weighted by atomic mass is 10.2. The van der Waals surface area contributed by atoms with Crippen LogP contribution < -0.4 is 5.32 Å². The van der Waals surface area contributed by atoms with Crippen molar-refractivity contribution in [3.8, 4) is 0 Å². The molecule has 0 aliphatic carbocycles. The van der Waals surface area contributed by atoms with E-state index >= 15 is 0 Å². The molecule has 0 saturated carbocycles. The van der Waals surface area contributed by atoms with Crippen molar-refractivity contribution >= 4 is 25.6 Å². The number of hydrogen-bond donors (Lipinski definition) is 1. The minimum Gasteiger partial charge on any atom is -0.379 e. The molecule has 0 saturated heterocycles. The normalized spacial score (nSPS) is 11.0. The molecule has 1 aromatic carbocycles. The maximum atomic E-state index is 11.9. The maximum Gasteiger partial charge on any atom is 0.261 e. The van der Waals surface area contributed by atoms with Gasteiger partial charge in [0.2, 0.25) is 0 Å². The van der Waals surface area contributed by atoms with E-state index in [0.717, 1.165) is 0 Å². The van der Waals surface area contributed by atoms with Gasteiger partial charge in [-0.3, -0.25) is 4.79 Å². The average Bonchev–Trinajstić information content (AvgIpc) is 2.64. The maximum absolute atomic E-state index is 11.9. The highest BCUT2D eigenvalue weighted by atomic mass is 35.7. The molecule has 0 unspecified atom stereocenters. The van der Waals surface area contributed by atoms with Crippen molar-refractivity contribution in [3.63, 3.8) is 0 Å². The third-order valence-electron chi connectivity index (χ3n) is 3.07. The lowest BCUT2D eigenvalue weighted by molar-refractivity contribution is 0.0166. The topological polar surface area (TPSA) is 140 Å². The molecule has 0 heterocycles. The van der Waals surface area contributed by atoms with E-state index in [1.54, 1.807) is 0 Å². The van der Waals surface area contributed by atoms with Gasteiger partial charge in [-0.05, 0) is 29.8 Å². The zero-order valence-corrected chi connectivity index (χ0v) is 16.1. The molecule has 27 heavy (non-hydrogen) atoms. The minimum atomic E-state index is -3.80. The second kappa shape index (κ2) is 13.3. The largest absolute Gasteiger partial charge is 0.379 e. The molecule has 1 aromatic rings. The van der Waals surface area contributed by atoms with Crippen molar-refractivity contribution in [2.75, 3.05) is 52.7 Å². The van der Waals surface area contributed by atoms with E-state index in [4.69, 9.17) is 30.4 Å². The van der Waals surface area contributed by atoms with Crippen LogP contribution in [0, 0.1) is 0 Å². The molecule has 0 aliphatic rings. The van der Waals surface area contributed by atoms with Crippen molar-refractivity contribution in [2.45, 2.75) is 4.90 Å². The third-order valence-corrected chi connectivity index (χ3v) is 4.44. The Hall–Kier alpha value is -1.88. The number of rotatable bonds is 14. The molecule has 1 N–H and O–H groups in total. The Balaban J connectivity index is 2.03. The van der Waals surface area contributed by atoms with Gasteiger partial charge in [0.15, 0.2) is 0 Å². The highest BCUT2D eigenvalue weighted by molar-refractivity contribution is 8.13. The molecule has 0 bridgehead atoms. The molecule has 0 atom stereocenters. The lowest BCUT2D eigenvalue weighted by Gasteiger charge is -2.08. The summed E-state index contributed by atoms with van der Waals surface area (Å²) in [4.78, 5) is 14.4. The van der Waals surface area contributed by atoms with Gasteiger partial charge in [-0.15, -0.1) is 0 Å². The molecular formula is C15H21ClN4O6S. The molecule has 10 nitrogen and oxygen atoms in total. The van der Waals surface area contributed by atoms with Crippen molar-refractivity contribution in [2.24, 2.45) is 5.11 Å². The molecule has 1 amide bonds. The highest BCUT2D eigenvalue weighted by Gasteiger charge is 2.11. The molecule has 150 valence electrons. The van der Waals surface area contributed by atoms with Gasteiger partial charge in [-0.2, -0.15) is 0 Å². The van der Waals surface area contributed by atoms with Crippen LogP contribution in [0.2, 0.25) is 0 Å². The van der Waals surface area contributed by atoms with E-state index < -0.39 is 9.05 Å². The van der Waals surface area contributed by atoms with Crippen LogP contribution in [-0.4, -0.2) is 67.1 Å². The Morgan fingerprint density at radius 2 is 1.59 bits per heavy atom. The summed E-state index contributed by atoms with van der Waals surface area (Å²) in [6.45, 7) is 2.84. The van der Waals surface area contributed by atoms with Gasteiger partial charge < -0.3 is 19.5 Å². The van der Waals surface area contributed by atoms with Gasteiger partial charge in [0.1, 0.15) is 0 Å². The lowest BCUT2D eigenvalue weighted by Crippen LogP contribution is -2.27. The van der Waals surface area contributed by atoms with Crippen LogP contribution in [0.4, 0.5) is 0 Å². The number of nitrogens with one attached hydrogen (secondary N) is 1. The Bertz CT molecular complexity index is 722. The molecule has 0 fully saturated rings. The summed E-state index contributed by atoms with van der Waals surface area (Å²) in [5.41, 5.74) is 8.39. The highest BCUT2D eigenvalue weighted by Crippen LogP contribution is 2.15. The zero-order chi connectivity index (χ0) is 20.0. The summed E-state index contributed by atoms with van der Waals surface area (Å²) in [7, 11) is 1.41. The number of ether oxygens (including phenoxy) is 3. The van der Waals surface area contributed by atoms with E-state index in [0.29, 0.717) is 58.3 Å². The fraction of sp³-hybridized carbons (Fsp3) is 0.533. The van der Waals surface area contributed by atoms with Gasteiger partial charge in [0.25, 0.3) is 15.0 Å².